The minimum Gasteiger partial charge on any atom is -0.342 e. The van der Waals surface area contributed by atoms with Crippen molar-refractivity contribution in [3.05, 3.63) is 64.7 Å². The Morgan fingerprint density at radius 2 is 1.73 bits per heavy atom. The monoisotopic (exact) mass is 449 g/mol. The van der Waals surface area contributed by atoms with Crippen LogP contribution in [0.4, 0.5) is 5.69 Å². The number of amides is 1. The van der Waals surface area contributed by atoms with E-state index in [0.717, 1.165) is 4.90 Å². The molecular formula is C20H23N3O5S2. The maximum atomic E-state index is 12.7. The smallest absolute Gasteiger partial charge is 0.269 e. The third-order valence-electron chi connectivity index (χ3n) is 4.89. The first kappa shape index (κ1) is 22.3. The molecule has 3 rings (SSSR count). The van der Waals surface area contributed by atoms with Crippen molar-refractivity contribution >= 4 is 33.4 Å². The van der Waals surface area contributed by atoms with Gasteiger partial charge in [0.05, 0.1) is 15.1 Å². The van der Waals surface area contributed by atoms with Gasteiger partial charge in [0.1, 0.15) is 0 Å². The maximum absolute atomic E-state index is 12.7. The van der Waals surface area contributed by atoms with Crippen LogP contribution in [-0.4, -0.2) is 48.5 Å². The van der Waals surface area contributed by atoms with Gasteiger partial charge in [-0.1, -0.05) is 18.2 Å². The topological polar surface area (TPSA) is 110 Å². The standard InChI is InChI=1S/C20H23N3O5S2/c1-15(29-18-9-7-17(8-10-18)23(25)26)20(24)22-13-11-16(12-14-22)21-30(27,28)19-5-3-2-4-6-19/h2-10,15-16,21H,11-14H2,1H3. The van der Waals surface area contributed by atoms with Crippen molar-refractivity contribution in [2.45, 2.75) is 40.8 Å². The summed E-state index contributed by atoms with van der Waals surface area (Å²) in [6, 6.07) is 14.1. The molecule has 160 valence electrons. The fourth-order valence-corrected chi connectivity index (χ4v) is 5.54. The lowest BCUT2D eigenvalue weighted by Gasteiger charge is -2.33. The number of carbonyl (C=O) groups excluding carboxylic acids is 1. The molecule has 1 unspecified atom stereocenters. The van der Waals surface area contributed by atoms with Gasteiger partial charge in [0, 0.05) is 36.2 Å². The summed E-state index contributed by atoms with van der Waals surface area (Å²) >= 11 is 1.35. The molecule has 2 aromatic rings. The van der Waals surface area contributed by atoms with Crippen LogP contribution in [0.15, 0.2) is 64.4 Å². The highest BCUT2D eigenvalue weighted by Crippen LogP contribution is 2.27. The summed E-state index contributed by atoms with van der Waals surface area (Å²) in [5.74, 6) is -0.0253. The number of nitro groups is 1. The molecule has 1 fully saturated rings. The molecule has 0 saturated carbocycles. The number of nitro benzene ring substituents is 1. The summed E-state index contributed by atoms with van der Waals surface area (Å²) in [5.41, 5.74) is 0.0124. The van der Waals surface area contributed by atoms with Crippen molar-refractivity contribution in [2.24, 2.45) is 0 Å². The number of sulfonamides is 1. The van der Waals surface area contributed by atoms with E-state index in [9.17, 15) is 23.3 Å². The normalized spacial score (nSPS) is 16.2. The number of nitrogens with zero attached hydrogens (tertiary/aromatic N) is 2. The Kier molecular flexibility index (Phi) is 7.11. The van der Waals surface area contributed by atoms with Crippen LogP contribution in [0.3, 0.4) is 0 Å². The first-order valence-corrected chi connectivity index (χ1v) is 11.9. The van der Waals surface area contributed by atoms with Gasteiger partial charge in [-0.15, -0.1) is 11.8 Å². The molecule has 30 heavy (non-hydrogen) atoms. The lowest BCUT2D eigenvalue weighted by molar-refractivity contribution is -0.384. The Morgan fingerprint density at radius 3 is 2.30 bits per heavy atom. The summed E-state index contributed by atoms with van der Waals surface area (Å²) in [6.45, 7) is 2.76. The highest BCUT2D eigenvalue weighted by Gasteiger charge is 2.29. The molecule has 2 aromatic carbocycles. The molecule has 0 bridgehead atoms. The van der Waals surface area contributed by atoms with Gasteiger partial charge in [-0.05, 0) is 44.0 Å². The van der Waals surface area contributed by atoms with Gasteiger partial charge in [0.25, 0.3) is 5.69 Å². The molecule has 0 spiro atoms. The fourth-order valence-electron chi connectivity index (χ4n) is 3.26. The van der Waals surface area contributed by atoms with Gasteiger partial charge in [-0.2, -0.15) is 0 Å². The Bertz CT molecular complexity index is 989. The number of non-ortho nitro benzene ring substituents is 1. The van der Waals surface area contributed by atoms with Gasteiger partial charge < -0.3 is 4.90 Å². The number of piperidine rings is 1. The van der Waals surface area contributed by atoms with E-state index >= 15 is 0 Å². The molecule has 1 heterocycles. The predicted octanol–water partition coefficient (Wildman–Crippen LogP) is 3.04. The Hall–Kier alpha value is -2.43. The number of thioether (sulfide) groups is 1. The number of hydrogen-bond donors (Lipinski definition) is 1. The van der Waals surface area contributed by atoms with Gasteiger partial charge in [-0.25, -0.2) is 13.1 Å². The number of rotatable bonds is 7. The van der Waals surface area contributed by atoms with Crippen molar-refractivity contribution in [3.8, 4) is 0 Å². The van der Waals surface area contributed by atoms with Crippen molar-refractivity contribution < 1.29 is 18.1 Å². The van der Waals surface area contributed by atoms with Crippen LogP contribution in [0.25, 0.3) is 0 Å². The van der Waals surface area contributed by atoms with E-state index in [-0.39, 0.29) is 27.8 Å². The van der Waals surface area contributed by atoms with E-state index in [1.807, 2.05) is 0 Å². The Morgan fingerprint density at radius 1 is 1.13 bits per heavy atom. The summed E-state index contributed by atoms with van der Waals surface area (Å²) < 4.78 is 27.6. The van der Waals surface area contributed by atoms with Crippen LogP contribution < -0.4 is 4.72 Å². The van der Waals surface area contributed by atoms with E-state index in [2.05, 4.69) is 4.72 Å². The van der Waals surface area contributed by atoms with Gasteiger partial charge >= 0.3 is 0 Å². The number of carbonyl (C=O) groups is 1. The number of likely N-dealkylation sites (tertiary alicyclic amines) is 1. The molecule has 0 radical (unpaired) electrons. The largest absolute Gasteiger partial charge is 0.342 e. The van der Waals surface area contributed by atoms with E-state index in [0.29, 0.717) is 25.9 Å². The van der Waals surface area contributed by atoms with Crippen LogP contribution in [0.5, 0.6) is 0 Å². The number of hydrogen-bond acceptors (Lipinski definition) is 6. The molecule has 0 aliphatic carbocycles. The third kappa shape index (κ3) is 5.59. The maximum Gasteiger partial charge on any atom is 0.269 e. The molecule has 1 aliphatic rings. The molecule has 1 amide bonds. The van der Waals surface area contributed by atoms with Crippen molar-refractivity contribution in [1.29, 1.82) is 0 Å². The molecule has 1 atom stereocenters. The molecule has 1 N–H and O–H groups in total. The Balaban J connectivity index is 1.51. The second-order valence-electron chi connectivity index (χ2n) is 7.04. The first-order valence-electron chi connectivity index (χ1n) is 9.53. The Labute approximate surface area is 179 Å². The number of nitrogens with one attached hydrogen (secondary N) is 1. The predicted molar refractivity (Wildman–Crippen MR) is 115 cm³/mol. The summed E-state index contributed by atoms with van der Waals surface area (Å²) in [5, 5.41) is 10.4. The molecule has 0 aromatic heterocycles. The zero-order chi connectivity index (χ0) is 21.7. The fraction of sp³-hybridized carbons (Fsp3) is 0.350. The first-order chi connectivity index (χ1) is 14.3. The van der Waals surface area contributed by atoms with E-state index < -0.39 is 14.9 Å². The quantitative estimate of drug-likeness (QED) is 0.395. The third-order valence-corrected chi connectivity index (χ3v) is 7.53. The lowest BCUT2D eigenvalue weighted by atomic mass is 10.1. The second kappa shape index (κ2) is 9.59. The van der Waals surface area contributed by atoms with Crippen LogP contribution in [0.1, 0.15) is 19.8 Å². The highest BCUT2D eigenvalue weighted by molar-refractivity contribution is 8.00. The highest BCUT2D eigenvalue weighted by atomic mass is 32.2. The van der Waals surface area contributed by atoms with Gasteiger partial charge in [-0.3, -0.25) is 14.9 Å². The second-order valence-corrected chi connectivity index (χ2v) is 10.2. The SMILES string of the molecule is CC(Sc1ccc([N+](=O)[O-])cc1)C(=O)N1CCC(NS(=O)(=O)c2ccccc2)CC1. The average molecular weight is 450 g/mol. The summed E-state index contributed by atoms with van der Waals surface area (Å²) in [7, 11) is -3.57. The minimum absolute atomic E-state index is 0.0124. The van der Waals surface area contributed by atoms with E-state index in [4.69, 9.17) is 0 Å². The van der Waals surface area contributed by atoms with Gasteiger partial charge in [0.15, 0.2) is 0 Å². The average Bonchev–Trinajstić information content (AvgIpc) is 2.74. The molecule has 1 aliphatic heterocycles. The van der Waals surface area contributed by atoms with Crippen LogP contribution in [-0.2, 0) is 14.8 Å². The summed E-state index contributed by atoms with van der Waals surface area (Å²) in [4.78, 5) is 25.8. The molecule has 1 saturated heterocycles. The molecule has 8 nitrogen and oxygen atoms in total. The van der Waals surface area contributed by atoms with Crippen molar-refractivity contribution in [3.63, 3.8) is 0 Å². The zero-order valence-corrected chi connectivity index (χ0v) is 18.1. The van der Waals surface area contributed by atoms with E-state index in [1.54, 1.807) is 54.3 Å². The zero-order valence-electron chi connectivity index (χ0n) is 16.4. The van der Waals surface area contributed by atoms with Crippen LogP contribution in [0, 0.1) is 10.1 Å². The van der Waals surface area contributed by atoms with E-state index in [1.165, 1.54) is 23.9 Å². The van der Waals surface area contributed by atoms with Crippen LogP contribution >= 0.6 is 11.8 Å². The van der Waals surface area contributed by atoms with Crippen molar-refractivity contribution in [2.75, 3.05) is 13.1 Å². The van der Waals surface area contributed by atoms with Crippen LogP contribution in [0.2, 0.25) is 0 Å². The summed E-state index contributed by atoms with van der Waals surface area (Å²) in [6.07, 6.45) is 1.10. The van der Waals surface area contributed by atoms with Crippen molar-refractivity contribution in [1.82, 2.24) is 9.62 Å². The molecule has 10 heteroatoms. The lowest BCUT2D eigenvalue weighted by Crippen LogP contribution is -2.48. The number of benzene rings is 2. The van der Waals surface area contributed by atoms with Gasteiger partial charge in [0.2, 0.25) is 15.9 Å². The molecular weight excluding hydrogens is 426 g/mol. The minimum atomic E-state index is -3.57.